The highest BCUT2D eigenvalue weighted by Crippen LogP contribution is 2.18. The van der Waals surface area contributed by atoms with Crippen LogP contribution in [0.4, 0.5) is 13.2 Å². The number of rotatable bonds is 4. The van der Waals surface area contributed by atoms with E-state index in [2.05, 4.69) is 0 Å². The van der Waals surface area contributed by atoms with Gasteiger partial charge < -0.3 is 0 Å². The van der Waals surface area contributed by atoms with E-state index >= 15 is 0 Å². The van der Waals surface area contributed by atoms with Crippen molar-refractivity contribution < 1.29 is 22.8 Å². The first-order chi connectivity index (χ1) is 7.79. The predicted octanol–water partition coefficient (Wildman–Crippen LogP) is 2.63. The summed E-state index contributed by atoms with van der Waals surface area (Å²) in [6, 6.07) is 6.83. The number of Topliss-reactive ketones (excluding diaryl/α,β-unsaturated/α-hetero) is 2. The van der Waals surface area contributed by atoms with Crippen molar-refractivity contribution in [1.29, 1.82) is 0 Å². The van der Waals surface area contributed by atoms with E-state index in [1.54, 1.807) is 24.3 Å². The highest BCUT2D eigenvalue weighted by atomic mass is 19.4. The molecule has 0 radical (unpaired) electrons. The summed E-state index contributed by atoms with van der Waals surface area (Å²) >= 11 is 0. The lowest BCUT2D eigenvalue weighted by Crippen LogP contribution is -2.25. The Bertz CT molecular complexity index is 418. The van der Waals surface area contributed by atoms with Gasteiger partial charge in [-0.3, -0.25) is 9.59 Å². The molecule has 0 amide bonds. The molecule has 0 aromatic heterocycles. The lowest BCUT2D eigenvalue weighted by Gasteiger charge is -2.04. The van der Waals surface area contributed by atoms with Gasteiger partial charge in [0.1, 0.15) is 5.78 Å². The smallest absolute Gasteiger partial charge is 0.299 e. The number of alkyl halides is 3. The highest BCUT2D eigenvalue weighted by molar-refractivity contribution is 6.02. The van der Waals surface area contributed by atoms with Crippen molar-refractivity contribution in [2.45, 2.75) is 25.9 Å². The topological polar surface area (TPSA) is 34.1 Å². The fraction of sp³-hybridized carbons (Fsp3) is 0.333. The normalized spacial score (nSPS) is 11.3. The van der Waals surface area contributed by atoms with Crippen LogP contribution in [-0.4, -0.2) is 17.7 Å². The quantitative estimate of drug-likeness (QED) is 0.763. The molecule has 0 aliphatic heterocycles. The molecule has 0 saturated carbocycles. The average Bonchev–Trinajstić information content (AvgIpc) is 2.20. The van der Waals surface area contributed by atoms with Crippen LogP contribution in [0.3, 0.4) is 0 Å². The summed E-state index contributed by atoms with van der Waals surface area (Å²) in [7, 11) is 0. The van der Waals surface area contributed by atoms with Crippen molar-refractivity contribution in [2.24, 2.45) is 0 Å². The summed E-state index contributed by atoms with van der Waals surface area (Å²) in [6.45, 7) is 1.86. The Morgan fingerprint density at radius 2 is 1.65 bits per heavy atom. The number of aryl methyl sites for hydroxylation is 1. The van der Waals surface area contributed by atoms with E-state index < -0.39 is 24.2 Å². The third-order valence-corrected chi connectivity index (χ3v) is 2.20. The number of halogens is 3. The minimum Gasteiger partial charge on any atom is -0.299 e. The van der Waals surface area contributed by atoms with Gasteiger partial charge in [0.15, 0.2) is 0 Å². The third-order valence-electron chi connectivity index (χ3n) is 2.20. The highest BCUT2D eigenvalue weighted by Gasteiger charge is 2.38. The van der Waals surface area contributed by atoms with Gasteiger partial charge in [0.05, 0.1) is 6.42 Å². The summed E-state index contributed by atoms with van der Waals surface area (Å²) in [6.07, 6.45) is -6.16. The van der Waals surface area contributed by atoms with E-state index in [-0.39, 0.29) is 6.42 Å². The van der Waals surface area contributed by atoms with Gasteiger partial charge in [-0.25, -0.2) is 0 Å². The molecule has 0 unspecified atom stereocenters. The summed E-state index contributed by atoms with van der Waals surface area (Å²) in [5.74, 6) is -2.72. The van der Waals surface area contributed by atoms with Gasteiger partial charge in [-0.2, -0.15) is 13.2 Å². The Balaban J connectivity index is 2.56. The SMILES string of the molecule is Cc1ccc(CC(=O)CC(=O)C(F)(F)F)cc1. The lowest BCUT2D eigenvalue weighted by atomic mass is 10.0. The predicted molar refractivity (Wildman–Crippen MR) is 55.6 cm³/mol. The molecule has 0 heterocycles. The van der Waals surface area contributed by atoms with Crippen LogP contribution < -0.4 is 0 Å². The molecule has 5 heteroatoms. The van der Waals surface area contributed by atoms with E-state index in [0.717, 1.165) is 5.56 Å². The number of hydrogen-bond acceptors (Lipinski definition) is 2. The second-order valence-corrected chi connectivity index (χ2v) is 3.80. The second-order valence-electron chi connectivity index (χ2n) is 3.80. The Hall–Kier alpha value is -1.65. The molecule has 0 fully saturated rings. The minimum atomic E-state index is -4.93. The summed E-state index contributed by atoms with van der Waals surface area (Å²) in [5.41, 5.74) is 1.60. The Morgan fingerprint density at radius 1 is 1.12 bits per heavy atom. The van der Waals surface area contributed by atoms with Gasteiger partial charge in [0, 0.05) is 6.42 Å². The van der Waals surface area contributed by atoms with Crippen LogP contribution in [0.15, 0.2) is 24.3 Å². The van der Waals surface area contributed by atoms with E-state index in [1.165, 1.54) is 0 Å². The molecule has 0 aliphatic carbocycles. The standard InChI is InChI=1S/C12H11F3O2/c1-8-2-4-9(5-3-8)6-10(16)7-11(17)12(13,14)15/h2-5H,6-7H2,1H3. The molecule has 17 heavy (non-hydrogen) atoms. The number of benzene rings is 1. The lowest BCUT2D eigenvalue weighted by molar-refractivity contribution is -0.171. The Morgan fingerprint density at radius 3 is 2.12 bits per heavy atom. The molecule has 0 saturated heterocycles. The maximum Gasteiger partial charge on any atom is 0.450 e. The van der Waals surface area contributed by atoms with Crippen molar-refractivity contribution in [1.82, 2.24) is 0 Å². The van der Waals surface area contributed by atoms with Gasteiger partial charge >= 0.3 is 6.18 Å². The molecule has 2 nitrogen and oxygen atoms in total. The molecule has 0 aliphatic rings. The Labute approximate surface area is 96.4 Å². The van der Waals surface area contributed by atoms with Gasteiger partial charge in [-0.1, -0.05) is 29.8 Å². The van der Waals surface area contributed by atoms with Gasteiger partial charge in [-0.05, 0) is 12.5 Å². The summed E-state index contributed by atoms with van der Waals surface area (Å²) < 4.78 is 35.7. The van der Waals surface area contributed by atoms with Crippen molar-refractivity contribution in [2.75, 3.05) is 0 Å². The first-order valence-electron chi connectivity index (χ1n) is 4.96. The average molecular weight is 244 g/mol. The zero-order valence-electron chi connectivity index (χ0n) is 9.17. The van der Waals surface area contributed by atoms with Gasteiger partial charge in [-0.15, -0.1) is 0 Å². The molecule has 1 aromatic rings. The van der Waals surface area contributed by atoms with Crippen LogP contribution in [0, 0.1) is 6.92 Å². The molecule has 0 spiro atoms. The van der Waals surface area contributed by atoms with E-state index in [4.69, 9.17) is 0 Å². The number of carbonyl (C=O) groups is 2. The molecule has 92 valence electrons. The van der Waals surface area contributed by atoms with Crippen LogP contribution in [0.5, 0.6) is 0 Å². The molecule has 0 N–H and O–H groups in total. The van der Waals surface area contributed by atoms with E-state index in [9.17, 15) is 22.8 Å². The fourth-order valence-corrected chi connectivity index (χ4v) is 1.28. The zero-order chi connectivity index (χ0) is 13.1. The Kier molecular flexibility index (Phi) is 4.04. The minimum absolute atomic E-state index is 0.151. The molecular formula is C12H11F3O2. The maximum absolute atomic E-state index is 11.9. The van der Waals surface area contributed by atoms with Crippen molar-refractivity contribution in [3.8, 4) is 0 Å². The van der Waals surface area contributed by atoms with Crippen molar-refractivity contribution in [3.63, 3.8) is 0 Å². The van der Waals surface area contributed by atoms with Gasteiger partial charge in [0.2, 0.25) is 5.78 Å². The van der Waals surface area contributed by atoms with Crippen LogP contribution in [0.2, 0.25) is 0 Å². The number of ketones is 2. The molecule has 1 aromatic carbocycles. The van der Waals surface area contributed by atoms with Crippen LogP contribution in [0.25, 0.3) is 0 Å². The van der Waals surface area contributed by atoms with Gasteiger partial charge in [0.25, 0.3) is 0 Å². The van der Waals surface area contributed by atoms with Crippen LogP contribution in [-0.2, 0) is 16.0 Å². The van der Waals surface area contributed by atoms with Crippen molar-refractivity contribution >= 4 is 11.6 Å². The van der Waals surface area contributed by atoms with Crippen LogP contribution in [0.1, 0.15) is 17.5 Å². The van der Waals surface area contributed by atoms with Crippen molar-refractivity contribution in [3.05, 3.63) is 35.4 Å². The van der Waals surface area contributed by atoms with Crippen LogP contribution >= 0.6 is 0 Å². The number of hydrogen-bond donors (Lipinski definition) is 0. The monoisotopic (exact) mass is 244 g/mol. The first kappa shape index (κ1) is 13.4. The summed E-state index contributed by atoms with van der Waals surface area (Å²) in [5, 5.41) is 0. The van der Waals surface area contributed by atoms with E-state index in [0.29, 0.717) is 5.56 Å². The first-order valence-corrected chi connectivity index (χ1v) is 4.96. The largest absolute Gasteiger partial charge is 0.450 e. The van der Waals surface area contributed by atoms with E-state index in [1.807, 2.05) is 6.92 Å². The molecule has 0 bridgehead atoms. The maximum atomic E-state index is 11.9. The third kappa shape index (κ3) is 4.38. The fourth-order valence-electron chi connectivity index (χ4n) is 1.28. The zero-order valence-corrected chi connectivity index (χ0v) is 9.17. The number of carbonyl (C=O) groups excluding carboxylic acids is 2. The second kappa shape index (κ2) is 5.12. The molecular weight excluding hydrogens is 233 g/mol. The summed E-state index contributed by atoms with van der Waals surface area (Å²) in [4.78, 5) is 21.8. The molecule has 1 rings (SSSR count). The molecule has 0 atom stereocenters.